The average molecular weight is 790 g/mol. The summed E-state index contributed by atoms with van der Waals surface area (Å²) in [6.07, 6.45) is 0. The zero-order chi connectivity index (χ0) is 40.8. The number of para-hydroxylation sites is 1. The molecule has 9 aromatic carbocycles. The monoisotopic (exact) mass is 789 g/mol. The average Bonchev–Trinajstić information content (AvgIpc) is 3.64. The molecule has 4 nitrogen and oxygen atoms in total. The van der Waals surface area contributed by atoms with Gasteiger partial charge in [-0.2, -0.15) is 0 Å². The molecule has 1 aliphatic heterocycles. The molecular formula is C58H35N3O. The third-order valence-corrected chi connectivity index (χ3v) is 12.9. The van der Waals surface area contributed by atoms with Gasteiger partial charge in [-0.25, -0.2) is 15.0 Å². The van der Waals surface area contributed by atoms with Crippen LogP contribution in [0, 0.1) is 0 Å². The summed E-state index contributed by atoms with van der Waals surface area (Å²) >= 11 is 0. The Morgan fingerprint density at radius 2 is 0.806 bits per heavy atom. The summed E-state index contributed by atoms with van der Waals surface area (Å²) in [4.78, 5) is 16.0. The second kappa shape index (κ2) is 13.4. The third kappa shape index (κ3) is 4.98. The second-order valence-corrected chi connectivity index (χ2v) is 16.2. The summed E-state index contributed by atoms with van der Waals surface area (Å²) in [6, 6.07) is 75.1. The van der Waals surface area contributed by atoms with Crippen molar-refractivity contribution in [2.24, 2.45) is 0 Å². The van der Waals surface area contributed by atoms with Crippen molar-refractivity contribution in [3.63, 3.8) is 0 Å². The Hall–Kier alpha value is -8.21. The fourth-order valence-corrected chi connectivity index (χ4v) is 10.2. The van der Waals surface area contributed by atoms with Crippen LogP contribution in [0.15, 0.2) is 212 Å². The number of benzene rings is 9. The van der Waals surface area contributed by atoms with E-state index in [2.05, 4.69) is 176 Å². The molecule has 0 bridgehead atoms. The van der Waals surface area contributed by atoms with Crippen LogP contribution in [0.5, 0.6) is 11.5 Å². The van der Waals surface area contributed by atoms with E-state index >= 15 is 0 Å². The van der Waals surface area contributed by atoms with E-state index in [9.17, 15) is 0 Å². The minimum Gasteiger partial charge on any atom is -0.456 e. The molecule has 2 aromatic heterocycles. The zero-order valence-corrected chi connectivity index (χ0v) is 33.5. The highest BCUT2D eigenvalue weighted by molar-refractivity contribution is 6.15. The van der Waals surface area contributed by atoms with Gasteiger partial charge < -0.3 is 4.74 Å². The Kier molecular flexibility index (Phi) is 7.49. The van der Waals surface area contributed by atoms with Crippen molar-refractivity contribution >= 4 is 32.7 Å². The fraction of sp³-hybridized carbons (Fsp3) is 0.0172. The van der Waals surface area contributed by atoms with Crippen molar-refractivity contribution in [1.29, 1.82) is 0 Å². The molecule has 1 spiro atoms. The van der Waals surface area contributed by atoms with Gasteiger partial charge in [0.15, 0.2) is 0 Å². The molecule has 13 rings (SSSR count). The number of aromatic nitrogens is 3. The summed E-state index contributed by atoms with van der Waals surface area (Å²) < 4.78 is 7.22. The van der Waals surface area contributed by atoms with Gasteiger partial charge in [-0.3, -0.25) is 0 Å². The molecule has 0 N–H and O–H groups in total. The second-order valence-electron chi connectivity index (χ2n) is 16.2. The molecule has 0 fully saturated rings. The van der Waals surface area contributed by atoms with Gasteiger partial charge in [0.1, 0.15) is 11.5 Å². The van der Waals surface area contributed by atoms with Gasteiger partial charge >= 0.3 is 0 Å². The Labute approximate surface area is 358 Å². The Balaban J connectivity index is 1.06. The van der Waals surface area contributed by atoms with Crippen molar-refractivity contribution in [1.82, 2.24) is 15.0 Å². The molecule has 0 atom stereocenters. The van der Waals surface area contributed by atoms with Crippen LogP contribution in [0.25, 0.3) is 88.7 Å². The quantitative estimate of drug-likeness (QED) is 0.167. The maximum absolute atomic E-state index is 7.22. The molecule has 4 heteroatoms. The predicted octanol–water partition coefficient (Wildman–Crippen LogP) is 14.5. The number of ether oxygens (including phenoxy) is 1. The third-order valence-electron chi connectivity index (χ3n) is 12.9. The van der Waals surface area contributed by atoms with Gasteiger partial charge in [0.25, 0.3) is 0 Å². The SMILES string of the molecule is c1ccc(-c2nc3ccc(-c4ccc5c(c4)nc(-c4ccccc4)c4ccc6c(c45)Oc4ccccc4C64c5ccccc5-c5ccccc54)cc3nc2-c2ccccc2)cc1. The van der Waals surface area contributed by atoms with Crippen LogP contribution >= 0.6 is 0 Å². The van der Waals surface area contributed by atoms with Crippen LogP contribution in [-0.4, -0.2) is 15.0 Å². The normalized spacial score (nSPS) is 13.1. The molecule has 0 amide bonds. The van der Waals surface area contributed by atoms with Crippen molar-refractivity contribution in [3.05, 3.63) is 235 Å². The largest absolute Gasteiger partial charge is 0.456 e. The van der Waals surface area contributed by atoms with Crippen LogP contribution in [0.3, 0.4) is 0 Å². The zero-order valence-electron chi connectivity index (χ0n) is 33.5. The van der Waals surface area contributed by atoms with Crippen LogP contribution < -0.4 is 4.74 Å². The van der Waals surface area contributed by atoms with E-state index in [1.807, 2.05) is 36.4 Å². The molecule has 0 saturated carbocycles. The van der Waals surface area contributed by atoms with E-state index in [4.69, 9.17) is 19.7 Å². The van der Waals surface area contributed by atoms with E-state index in [0.29, 0.717) is 0 Å². The minimum absolute atomic E-state index is 0.570. The van der Waals surface area contributed by atoms with Gasteiger partial charge in [-0.1, -0.05) is 188 Å². The lowest BCUT2D eigenvalue weighted by Gasteiger charge is -2.40. The van der Waals surface area contributed by atoms with Gasteiger partial charge in [0, 0.05) is 44.0 Å². The number of hydrogen-bond donors (Lipinski definition) is 0. The number of nitrogens with zero attached hydrogens (tertiary/aromatic N) is 3. The van der Waals surface area contributed by atoms with Crippen LogP contribution in [-0.2, 0) is 5.41 Å². The Bertz CT molecular complexity index is 3560. The van der Waals surface area contributed by atoms with Gasteiger partial charge in [0.2, 0.25) is 0 Å². The van der Waals surface area contributed by atoms with Gasteiger partial charge in [0.05, 0.1) is 39.0 Å². The molecule has 2 aliphatic rings. The van der Waals surface area contributed by atoms with E-state index in [-0.39, 0.29) is 0 Å². The minimum atomic E-state index is -0.570. The molecular weight excluding hydrogens is 755 g/mol. The lowest BCUT2D eigenvalue weighted by molar-refractivity contribution is 0.442. The first kappa shape index (κ1) is 34.6. The number of fused-ring (bicyclic) bond motifs is 14. The number of hydrogen-bond acceptors (Lipinski definition) is 4. The molecule has 11 aromatic rings. The van der Waals surface area contributed by atoms with Gasteiger partial charge in [-0.05, 0) is 57.6 Å². The summed E-state index contributed by atoms with van der Waals surface area (Å²) in [6.45, 7) is 0. The smallest absolute Gasteiger partial charge is 0.140 e. The Morgan fingerprint density at radius 1 is 0.323 bits per heavy atom. The summed E-state index contributed by atoms with van der Waals surface area (Å²) in [5, 5.41) is 3.14. The van der Waals surface area contributed by atoms with Crippen molar-refractivity contribution < 1.29 is 4.74 Å². The van der Waals surface area contributed by atoms with Crippen LogP contribution in [0.4, 0.5) is 0 Å². The van der Waals surface area contributed by atoms with Crippen molar-refractivity contribution in [2.45, 2.75) is 5.41 Å². The fourth-order valence-electron chi connectivity index (χ4n) is 10.2. The maximum Gasteiger partial charge on any atom is 0.140 e. The van der Waals surface area contributed by atoms with Crippen LogP contribution in [0.2, 0.25) is 0 Å². The van der Waals surface area contributed by atoms with Gasteiger partial charge in [-0.15, -0.1) is 0 Å². The summed E-state index contributed by atoms with van der Waals surface area (Å²) in [5.41, 5.74) is 17.2. The molecule has 3 heterocycles. The van der Waals surface area contributed by atoms with E-state index in [1.165, 1.54) is 22.3 Å². The lowest BCUT2D eigenvalue weighted by atomic mass is 9.65. The first-order valence-corrected chi connectivity index (χ1v) is 21.1. The highest BCUT2D eigenvalue weighted by Gasteiger charge is 2.51. The first-order chi connectivity index (χ1) is 30.7. The first-order valence-electron chi connectivity index (χ1n) is 21.1. The lowest BCUT2D eigenvalue weighted by Crippen LogP contribution is -2.32. The summed E-state index contributed by atoms with van der Waals surface area (Å²) in [5.74, 6) is 1.73. The molecule has 0 unspecified atom stereocenters. The molecule has 1 aliphatic carbocycles. The standard InChI is InChI=1S/C58H35N3O/c1-4-16-36(17-5-1)54-44-31-32-48-57(62-52-27-15-14-26-47(52)58(48)45-24-12-10-22-41(45)42-23-11-13-25-46(42)58)53(44)43-30-28-39(34-50(43)60-54)40-29-33-49-51(35-40)61-56(38-20-8-3-9-21-38)55(59-49)37-18-6-2-7-19-37/h1-35H. The van der Waals surface area contributed by atoms with E-state index < -0.39 is 5.41 Å². The van der Waals surface area contributed by atoms with Crippen molar-refractivity contribution in [2.75, 3.05) is 0 Å². The number of pyridine rings is 1. The van der Waals surface area contributed by atoms with E-state index in [0.717, 1.165) is 100 Å². The number of rotatable bonds is 4. The van der Waals surface area contributed by atoms with Crippen LogP contribution in [0.1, 0.15) is 22.3 Å². The molecule has 288 valence electrons. The Morgan fingerprint density at radius 3 is 1.45 bits per heavy atom. The predicted molar refractivity (Wildman–Crippen MR) is 251 cm³/mol. The molecule has 62 heavy (non-hydrogen) atoms. The van der Waals surface area contributed by atoms with E-state index in [1.54, 1.807) is 0 Å². The molecule has 0 saturated heterocycles. The highest BCUT2D eigenvalue weighted by Crippen LogP contribution is 2.63. The highest BCUT2D eigenvalue weighted by atomic mass is 16.5. The van der Waals surface area contributed by atoms with Crippen molar-refractivity contribution in [3.8, 4) is 67.5 Å². The topological polar surface area (TPSA) is 47.9 Å². The summed E-state index contributed by atoms with van der Waals surface area (Å²) in [7, 11) is 0. The molecule has 0 radical (unpaired) electrons. The maximum atomic E-state index is 7.22.